The smallest absolute Gasteiger partial charge is 0.465 e. The van der Waals surface area contributed by atoms with Gasteiger partial charge in [-0.25, -0.2) is 4.98 Å². The molecule has 4 nitrogen and oxygen atoms in total. The molecule has 0 saturated heterocycles. The minimum Gasteiger partial charge on any atom is -0.465 e. The average molecular weight is 1720 g/mol. The molecule has 0 radical (unpaired) electrons. The predicted octanol–water partition coefficient (Wildman–Crippen LogP) is 28.3. The molecule has 0 fully saturated rings. The van der Waals surface area contributed by atoms with Crippen molar-refractivity contribution >= 4 is 68.2 Å². The van der Waals surface area contributed by atoms with Crippen LogP contribution in [0.25, 0.3) is 27.8 Å². The van der Waals surface area contributed by atoms with Gasteiger partial charge in [-0.1, -0.05) is 324 Å². The molecule has 13 heteroatoms. The van der Waals surface area contributed by atoms with Gasteiger partial charge in [0.2, 0.25) is 0 Å². The molecule has 0 bridgehead atoms. The summed E-state index contributed by atoms with van der Waals surface area (Å²) in [4.78, 5) is 9.94. The topological polar surface area (TPSA) is 51.9 Å². The quantitative estimate of drug-likeness (QED) is 0.114. The van der Waals surface area contributed by atoms with Gasteiger partial charge in [-0.05, 0) is 110 Å². The van der Waals surface area contributed by atoms with E-state index in [1.807, 2.05) is 6.07 Å². The summed E-state index contributed by atoms with van der Waals surface area (Å²) < 4.78 is 0. The summed E-state index contributed by atoms with van der Waals surface area (Å²) in [6.45, 7) is 116. The maximum Gasteiger partial charge on any atom is 4.00 e. The Hall–Kier alpha value is -0.402. The van der Waals surface area contributed by atoms with Crippen LogP contribution in [0, 0.1) is 56.7 Å². The second-order valence-corrected chi connectivity index (χ2v) is 73.4. The summed E-state index contributed by atoms with van der Waals surface area (Å²) in [5.41, 5.74) is 13.6. The molecule has 0 atom stereocenters. The molecule has 0 spiro atoms. The van der Waals surface area contributed by atoms with E-state index >= 15 is 0 Å². The van der Waals surface area contributed by atoms with Crippen molar-refractivity contribution in [1.29, 1.82) is 0 Å². The van der Waals surface area contributed by atoms with Crippen molar-refractivity contribution in [2.45, 2.75) is 305 Å². The van der Waals surface area contributed by atoms with E-state index in [-0.39, 0.29) is 69.9 Å². The Labute approximate surface area is 625 Å². The SMILES string of the molecule is C.CC(C)c1cc(C(C)C)c(-c2cccc(NCC(C)(C)C)n2)c(C(C)C)c1.CC(C)c1cc(C(C)C)c(-c2cccc([N-]CC(C)(C)C)n2)c(C(C)C)c1.[CH2-][Si](C)(C)C.[CH2-][Si](C)(C)C.[CH2-][Si](C)(C)C.[CH2-][Si](C)(C)C.[CH2-][Si](C)(C)C.[CH2-][Si](C)(C)C.[CH2-][Si](C)(C)C.[Hf+4].[Hf]. The van der Waals surface area contributed by atoms with Crippen LogP contribution >= 0.6 is 0 Å². The fourth-order valence-electron chi connectivity index (χ4n) is 6.50. The molecule has 2 heterocycles. The van der Waals surface area contributed by atoms with Crippen LogP contribution in [-0.4, -0.2) is 79.6 Å². The van der Waals surface area contributed by atoms with Crippen molar-refractivity contribution < 1.29 is 51.7 Å². The Morgan fingerprint density at radius 1 is 0.380 bits per heavy atom. The summed E-state index contributed by atoms with van der Waals surface area (Å²) >= 11 is 0. The van der Waals surface area contributed by atoms with Crippen LogP contribution in [0.2, 0.25) is 137 Å². The molecule has 4 aromatic rings. The van der Waals surface area contributed by atoms with E-state index in [1.54, 1.807) is 0 Å². The number of hydrogen-bond acceptors (Lipinski definition) is 3. The van der Waals surface area contributed by atoms with E-state index in [0.717, 1.165) is 36.1 Å². The number of pyridine rings is 2. The fraction of sp³-hybridized carbons (Fsp3) is 0.633. The minimum absolute atomic E-state index is 0. The molecule has 0 aliphatic carbocycles. The summed E-state index contributed by atoms with van der Waals surface area (Å²) in [5, 5.41) is 8.26. The Bertz CT molecular complexity index is 2160. The summed E-state index contributed by atoms with van der Waals surface area (Å²) in [6, 6.07) is 22.2. The first-order chi connectivity index (χ1) is 39.0. The Kier molecular flexibility index (Phi) is 55.7. The zero-order valence-electron chi connectivity index (χ0n) is 67.9. The summed E-state index contributed by atoms with van der Waals surface area (Å²) in [5.74, 6) is 4.67. The van der Waals surface area contributed by atoms with Crippen LogP contribution in [-0.2, 0) is 51.7 Å². The molecule has 92 heavy (non-hydrogen) atoms. The van der Waals surface area contributed by atoms with Crippen LogP contribution in [0.1, 0.15) is 201 Å². The predicted molar refractivity (Wildman–Crippen MR) is 447 cm³/mol. The molecule has 4 rings (SSSR count). The third kappa shape index (κ3) is 77.0. The van der Waals surface area contributed by atoms with Gasteiger partial charge in [0.25, 0.3) is 0 Å². The molecule has 0 aliphatic rings. The number of nitrogens with one attached hydrogen (secondary N) is 1. The van der Waals surface area contributed by atoms with Crippen molar-refractivity contribution in [3.63, 3.8) is 0 Å². The monoisotopic (exact) mass is 1720 g/mol. The standard InChI is InChI=1S/C25H38N2.C25H37N2.7C4H11Si.CH4.2Hf/c2*1-16(2)19-13-20(17(3)4)24(21(14-19)18(5)6)22-11-10-12-23(27-22)26-15-25(7,8)9;7*1-5(2,3)4;;;/h10-14,16-18H,15H2,1-9H3,(H,26,27);10-14,16-18H,15H2,1-9H3;7*1H2,2-4H3;1H4;;/q;8*-1;;;+4. The van der Waals surface area contributed by atoms with Crippen LogP contribution in [0.4, 0.5) is 11.6 Å². The maximum atomic E-state index is 5.00. The third-order valence-electron chi connectivity index (χ3n) is 9.78. The normalized spacial score (nSPS) is 11.8. The minimum atomic E-state index is -0.861. The first-order valence-corrected chi connectivity index (χ1v) is 59.6. The van der Waals surface area contributed by atoms with Crippen molar-refractivity contribution in [3.05, 3.63) is 145 Å². The van der Waals surface area contributed by atoms with Gasteiger partial charge in [0.1, 0.15) is 5.82 Å². The molecule has 0 saturated carbocycles. The van der Waals surface area contributed by atoms with Gasteiger partial charge in [-0.15, -0.1) is 56.5 Å². The zero-order valence-corrected chi connectivity index (χ0v) is 82.1. The molecule has 0 aliphatic heterocycles. The Balaban J connectivity index is -0.000000166. The summed E-state index contributed by atoms with van der Waals surface area (Å²) in [7, 11) is -6.03. The number of nitrogens with zero attached hydrogens (tertiary/aromatic N) is 3. The van der Waals surface area contributed by atoms with Gasteiger partial charge in [0.05, 0.1) is 5.69 Å². The van der Waals surface area contributed by atoms with Crippen LogP contribution in [0.5, 0.6) is 0 Å². The second-order valence-electron chi connectivity index (χ2n) is 37.6. The Morgan fingerprint density at radius 3 is 0.815 bits per heavy atom. The van der Waals surface area contributed by atoms with E-state index in [1.165, 1.54) is 44.5 Å². The van der Waals surface area contributed by atoms with E-state index in [2.05, 4.69) is 368 Å². The molecular weight excluding hydrogens is 1560 g/mol. The van der Waals surface area contributed by atoms with Gasteiger partial charge in [-0.3, -0.25) is 0 Å². The second kappa shape index (κ2) is 47.6. The zero-order chi connectivity index (χ0) is 72.2. The van der Waals surface area contributed by atoms with E-state index in [9.17, 15) is 0 Å². The van der Waals surface area contributed by atoms with Crippen molar-refractivity contribution in [2.24, 2.45) is 10.8 Å². The van der Waals surface area contributed by atoms with E-state index in [4.69, 9.17) is 15.3 Å². The summed E-state index contributed by atoms with van der Waals surface area (Å²) in [6.07, 6.45) is 0. The first kappa shape index (κ1) is 108. The Morgan fingerprint density at radius 2 is 0.609 bits per heavy atom. The van der Waals surface area contributed by atoms with Crippen LogP contribution in [0.3, 0.4) is 0 Å². The maximum absolute atomic E-state index is 5.00. The van der Waals surface area contributed by atoms with Gasteiger partial charge >= 0.3 is 25.8 Å². The fourth-order valence-corrected chi connectivity index (χ4v) is 6.50. The van der Waals surface area contributed by atoms with Gasteiger partial charge in [0, 0.05) is 38.0 Å². The van der Waals surface area contributed by atoms with E-state index in [0.29, 0.717) is 35.5 Å². The molecule has 2 aromatic heterocycles. The largest absolute Gasteiger partial charge is 4.00 e. The molecular formula is C79H156Hf2N4Si7-4. The third-order valence-corrected chi connectivity index (χ3v) is 9.78. The molecule has 1 N–H and O–H groups in total. The van der Waals surface area contributed by atoms with Gasteiger partial charge in [0.15, 0.2) is 0 Å². The number of hydrogen-bond donors (Lipinski definition) is 1. The number of rotatable bonds is 12. The van der Waals surface area contributed by atoms with Gasteiger partial charge < -0.3 is 61.4 Å². The number of aromatic nitrogens is 2. The van der Waals surface area contributed by atoms with E-state index < -0.39 is 56.5 Å². The number of anilines is 1. The van der Waals surface area contributed by atoms with Crippen molar-refractivity contribution in [3.8, 4) is 22.5 Å². The first-order valence-electron chi connectivity index (χ1n) is 33.7. The molecule has 0 amide bonds. The van der Waals surface area contributed by atoms with Gasteiger partial charge in [-0.2, -0.15) is 0 Å². The molecule has 2 aromatic carbocycles. The van der Waals surface area contributed by atoms with Crippen LogP contribution in [0.15, 0.2) is 60.7 Å². The van der Waals surface area contributed by atoms with Crippen molar-refractivity contribution in [1.82, 2.24) is 9.97 Å². The molecule has 532 valence electrons. The van der Waals surface area contributed by atoms with Crippen LogP contribution < -0.4 is 5.32 Å². The average Bonchev–Trinajstić information content (AvgIpc) is 3.25. The van der Waals surface area contributed by atoms with Crippen molar-refractivity contribution in [2.75, 3.05) is 18.4 Å². The molecule has 0 unspecified atom stereocenters. The number of benzene rings is 2.